The number of hydrogen-bond acceptors (Lipinski definition) is 4. The number of aliphatic hydroxyl groups is 1. The average molecular weight is 331 g/mol. The van der Waals surface area contributed by atoms with Crippen LogP contribution in [0.25, 0.3) is 0 Å². The maximum Gasteiger partial charge on any atom is 0.230 e. The summed E-state index contributed by atoms with van der Waals surface area (Å²) in [5.41, 5.74) is 0.177. The Kier molecular flexibility index (Phi) is 7.52. The molecule has 0 radical (unpaired) electrons. The van der Waals surface area contributed by atoms with E-state index in [0.717, 1.165) is 11.3 Å². The third-order valence-corrected chi connectivity index (χ3v) is 3.95. The van der Waals surface area contributed by atoms with E-state index in [4.69, 9.17) is 11.6 Å². The fourth-order valence-corrected chi connectivity index (χ4v) is 2.98. The molecule has 21 heavy (non-hydrogen) atoms. The quantitative estimate of drug-likeness (QED) is 0.765. The number of halogens is 1. The van der Waals surface area contributed by atoms with E-state index in [2.05, 4.69) is 5.32 Å². The highest BCUT2D eigenvalue weighted by atomic mass is 35.5. The van der Waals surface area contributed by atoms with Crippen LogP contribution in [0.3, 0.4) is 0 Å². The van der Waals surface area contributed by atoms with E-state index < -0.39 is 5.60 Å². The molecule has 0 heterocycles. The van der Waals surface area contributed by atoms with Gasteiger partial charge < -0.3 is 15.3 Å². The van der Waals surface area contributed by atoms with Gasteiger partial charge in [-0.1, -0.05) is 23.7 Å². The molecule has 0 aromatic heterocycles. The Morgan fingerprint density at radius 3 is 2.81 bits per heavy atom. The number of likely N-dealkylation sites (N-methyl/N-ethyl adjacent to an activating group) is 1. The van der Waals surface area contributed by atoms with Crippen molar-refractivity contribution >= 4 is 29.3 Å². The van der Waals surface area contributed by atoms with E-state index in [0.29, 0.717) is 17.3 Å². The number of hydrogen-bond donors (Lipinski definition) is 2. The molecule has 1 amide bonds. The molecule has 0 spiro atoms. The molecule has 118 valence electrons. The number of nitrogens with zero attached hydrogens (tertiary/aromatic N) is 1. The number of thioether (sulfide) groups is 1. The fraction of sp³-hybridized carbons (Fsp3) is 0.533. The van der Waals surface area contributed by atoms with Gasteiger partial charge >= 0.3 is 0 Å². The maximum absolute atomic E-state index is 11.7. The normalized spacial score (nSPS) is 14.0. The first kappa shape index (κ1) is 18.3. The van der Waals surface area contributed by atoms with Gasteiger partial charge in [-0.3, -0.25) is 4.79 Å². The molecule has 1 unspecified atom stereocenters. The number of amides is 1. The first-order valence-electron chi connectivity index (χ1n) is 6.74. The topological polar surface area (TPSA) is 52.6 Å². The summed E-state index contributed by atoms with van der Waals surface area (Å²) in [6, 6.07) is 7.61. The van der Waals surface area contributed by atoms with Crippen LogP contribution in [0.5, 0.6) is 0 Å². The van der Waals surface area contributed by atoms with Crippen molar-refractivity contribution in [2.45, 2.75) is 18.3 Å². The summed E-state index contributed by atoms with van der Waals surface area (Å²) in [5, 5.41) is 13.6. The van der Waals surface area contributed by atoms with Gasteiger partial charge in [0.15, 0.2) is 0 Å². The Labute approximate surface area is 135 Å². The van der Waals surface area contributed by atoms with Crippen molar-refractivity contribution in [2.75, 3.05) is 32.9 Å². The van der Waals surface area contributed by atoms with Crippen molar-refractivity contribution < 1.29 is 9.90 Å². The number of nitrogens with one attached hydrogen (secondary N) is 1. The second-order valence-electron chi connectivity index (χ2n) is 5.63. The van der Waals surface area contributed by atoms with E-state index in [-0.39, 0.29) is 12.5 Å². The second kappa shape index (κ2) is 8.63. The molecule has 1 atom stereocenters. The fourth-order valence-electron chi connectivity index (χ4n) is 1.97. The lowest BCUT2D eigenvalue weighted by Gasteiger charge is -2.27. The molecule has 2 N–H and O–H groups in total. The minimum atomic E-state index is -0.920. The molecule has 1 aromatic carbocycles. The van der Waals surface area contributed by atoms with Gasteiger partial charge in [0.1, 0.15) is 0 Å². The highest BCUT2D eigenvalue weighted by Gasteiger charge is 2.21. The van der Waals surface area contributed by atoms with Crippen LogP contribution >= 0.6 is 23.4 Å². The van der Waals surface area contributed by atoms with Crippen molar-refractivity contribution in [3.8, 4) is 0 Å². The maximum atomic E-state index is 11.7. The van der Waals surface area contributed by atoms with Crippen molar-refractivity contribution in [1.29, 1.82) is 0 Å². The molecular formula is C15H23ClN2O2S. The van der Waals surface area contributed by atoms with E-state index in [1.165, 1.54) is 11.8 Å². The van der Waals surface area contributed by atoms with Crippen molar-refractivity contribution in [3.05, 3.63) is 34.9 Å². The predicted octanol–water partition coefficient (Wildman–Crippen LogP) is 2.00. The smallest absolute Gasteiger partial charge is 0.230 e. The minimum absolute atomic E-state index is 0.0685. The first-order valence-corrected chi connectivity index (χ1v) is 8.28. The molecule has 6 heteroatoms. The molecule has 0 saturated heterocycles. The lowest BCUT2D eigenvalue weighted by Crippen LogP contribution is -2.47. The lowest BCUT2D eigenvalue weighted by atomic mass is 10.1. The number of rotatable bonds is 8. The summed E-state index contributed by atoms with van der Waals surface area (Å²) >= 11 is 7.43. The molecule has 4 nitrogen and oxygen atoms in total. The zero-order valence-electron chi connectivity index (χ0n) is 12.7. The van der Waals surface area contributed by atoms with Gasteiger partial charge in [-0.15, -0.1) is 11.8 Å². The molecule has 1 rings (SSSR count). The molecule has 0 aliphatic rings. The number of carbonyl (C=O) groups excluding carboxylic acids is 1. The third kappa shape index (κ3) is 8.31. The molecule has 0 fully saturated rings. The van der Waals surface area contributed by atoms with Gasteiger partial charge in [-0.2, -0.15) is 0 Å². The molecule has 1 aromatic rings. The second-order valence-corrected chi connectivity index (χ2v) is 7.06. The van der Waals surface area contributed by atoms with Gasteiger partial charge in [0, 0.05) is 23.9 Å². The predicted molar refractivity (Wildman–Crippen MR) is 89.8 cm³/mol. The zero-order valence-corrected chi connectivity index (χ0v) is 14.3. The van der Waals surface area contributed by atoms with Gasteiger partial charge in [-0.05, 0) is 38.7 Å². The first-order chi connectivity index (χ1) is 9.78. The highest BCUT2D eigenvalue weighted by molar-refractivity contribution is 7.99. The number of benzene rings is 1. The molecular weight excluding hydrogens is 308 g/mol. The lowest BCUT2D eigenvalue weighted by molar-refractivity contribution is -0.119. The summed E-state index contributed by atoms with van der Waals surface area (Å²) in [6.07, 6.45) is 0. The summed E-state index contributed by atoms with van der Waals surface area (Å²) in [7, 11) is 3.77. The van der Waals surface area contributed by atoms with Crippen LogP contribution in [0.1, 0.15) is 12.5 Å². The van der Waals surface area contributed by atoms with Crippen molar-refractivity contribution in [1.82, 2.24) is 10.2 Å². The van der Waals surface area contributed by atoms with Crippen LogP contribution in [0.4, 0.5) is 0 Å². The van der Waals surface area contributed by atoms with Crippen LogP contribution in [0.2, 0.25) is 5.02 Å². The van der Waals surface area contributed by atoms with Crippen LogP contribution in [0, 0.1) is 0 Å². The summed E-state index contributed by atoms with van der Waals surface area (Å²) in [5.74, 6) is 1.04. The Morgan fingerprint density at radius 2 is 2.19 bits per heavy atom. The average Bonchev–Trinajstić information content (AvgIpc) is 2.35. The number of carbonyl (C=O) groups is 1. The highest BCUT2D eigenvalue weighted by Crippen LogP contribution is 2.16. The molecule has 0 aliphatic heterocycles. The van der Waals surface area contributed by atoms with Crippen LogP contribution in [-0.2, 0) is 10.5 Å². The Hall–Kier alpha value is -0.750. The van der Waals surface area contributed by atoms with Gasteiger partial charge in [0.25, 0.3) is 0 Å². The van der Waals surface area contributed by atoms with E-state index in [9.17, 15) is 9.90 Å². The van der Waals surface area contributed by atoms with Gasteiger partial charge in [0.05, 0.1) is 11.4 Å². The molecule has 0 saturated carbocycles. The standard InChI is InChI=1S/C15H23ClN2O2S/c1-15(20,11-18(2)3)10-17-14(19)9-21-8-12-5-4-6-13(16)7-12/h4-7,20H,8-11H2,1-3H3,(H,17,19). The monoisotopic (exact) mass is 330 g/mol. The van der Waals surface area contributed by atoms with Gasteiger partial charge in [-0.25, -0.2) is 0 Å². The van der Waals surface area contributed by atoms with E-state index in [1.807, 2.05) is 43.3 Å². The van der Waals surface area contributed by atoms with Crippen LogP contribution in [0.15, 0.2) is 24.3 Å². The SMILES string of the molecule is CN(C)CC(C)(O)CNC(=O)CSCc1cccc(Cl)c1. The molecule has 0 bridgehead atoms. The molecule has 0 aliphatic carbocycles. The van der Waals surface area contributed by atoms with Gasteiger partial charge in [0.2, 0.25) is 5.91 Å². The van der Waals surface area contributed by atoms with E-state index in [1.54, 1.807) is 6.92 Å². The van der Waals surface area contributed by atoms with Crippen molar-refractivity contribution in [2.24, 2.45) is 0 Å². The van der Waals surface area contributed by atoms with Crippen LogP contribution in [-0.4, -0.2) is 54.5 Å². The Bertz CT molecular complexity index is 467. The van der Waals surface area contributed by atoms with E-state index >= 15 is 0 Å². The zero-order chi connectivity index (χ0) is 15.9. The Morgan fingerprint density at radius 1 is 1.48 bits per heavy atom. The Balaban J connectivity index is 2.25. The third-order valence-electron chi connectivity index (χ3n) is 2.71. The summed E-state index contributed by atoms with van der Waals surface area (Å²) in [4.78, 5) is 13.6. The minimum Gasteiger partial charge on any atom is -0.387 e. The van der Waals surface area contributed by atoms with Crippen molar-refractivity contribution in [3.63, 3.8) is 0 Å². The summed E-state index contributed by atoms with van der Waals surface area (Å²) in [6.45, 7) is 2.47. The largest absolute Gasteiger partial charge is 0.387 e. The summed E-state index contributed by atoms with van der Waals surface area (Å²) < 4.78 is 0. The van der Waals surface area contributed by atoms with Crippen LogP contribution < -0.4 is 5.32 Å².